The van der Waals surface area contributed by atoms with Gasteiger partial charge in [0.15, 0.2) is 5.13 Å². The summed E-state index contributed by atoms with van der Waals surface area (Å²) in [6, 6.07) is 19.4. The first-order chi connectivity index (χ1) is 13.7. The van der Waals surface area contributed by atoms with Crippen LogP contribution >= 0.6 is 38.6 Å². The van der Waals surface area contributed by atoms with E-state index in [1.807, 2.05) is 66.0 Å². The zero-order valence-corrected chi connectivity index (χ0v) is 17.6. The quantitative estimate of drug-likeness (QED) is 0.327. The van der Waals surface area contributed by atoms with Crippen LogP contribution in [-0.2, 0) is 0 Å². The summed E-state index contributed by atoms with van der Waals surface area (Å²) < 4.78 is 1.93. The first kappa shape index (κ1) is 17.5. The molecule has 0 aliphatic carbocycles. The summed E-state index contributed by atoms with van der Waals surface area (Å²) in [6.45, 7) is 0. The zero-order chi connectivity index (χ0) is 19.1. The molecule has 0 fully saturated rings. The number of nitrogens with one attached hydrogen (secondary N) is 1. The molecule has 136 valence electrons. The Morgan fingerprint density at radius 3 is 2.71 bits per heavy atom. The van der Waals surface area contributed by atoms with Crippen molar-refractivity contribution in [3.05, 3.63) is 76.1 Å². The maximum atomic E-state index is 13.1. The number of anilines is 1. The molecule has 0 saturated heterocycles. The maximum absolute atomic E-state index is 13.1. The van der Waals surface area contributed by atoms with E-state index in [1.54, 1.807) is 11.3 Å². The lowest BCUT2D eigenvalue weighted by Gasteiger charge is -2.08. The molecule has 4 nitrogen and oxygen atoms in total. The molecular weight excluding hydrogens is 454 g/mol. The standard InChI is InChI=1S/C21H12BrN3OS2/c22-14-6-3-8-18-19(14)24-21(28-18)25-20(26)13-11-16(17-9-4-10-27-17)23-15-7-2-1-5-12(13)15/h1-11H,(H,24,25,26). The van der Waals surface area contributed by atoms with Gasteiger partial charge in [0.25, 0.3) is 5.91 Å². The lowest BCUT2D eigenvalue weighted by molar-refractivity contribution is 0.102. The number of aromatic nitrogens is 2. The van der Waals surface area contributed by atoms with E-state index in [-0.39, 0.29) is 5.91 Å². The van der Waals surface area contributed by atoms with Crippen LogP contribution in [0.15, 0.2) is 70.5 Å². The van der Waals surface area contributed by atoms with Crippen LogP contribution in [0.1, 0.15) is 10.4 Å². The van der Waals surface area contributed by atoms with Crippen molar-refractivity contribution in [2.45, 2.75) is 0 Å². The number of fused-ring (bicyclic) bond motifs is 2. The van der Waals surface area contributed by atoms with Crippen molar-refractivity contribution in [1.82, 2.24) is 9.97 Å². The van der Waals surface area contributed by atoms with Crippen molar-refractivity contribution in [1.29, 1.82) is 0 Å². The van der Waals surface area contributed by atoms with Gasteiger partial charge in [-0.25, -0.2) is 9.97 Å². The molecule has 0 aliphatic heterocycles. The van der Waals surface area contributed by atoms with Crippen LogP contribution in [0, 0.1) is 0 Å². The smallest absolute Gasteiger partial charge is 0.258 e. The summed E-state index contributed by atoms with van der Waals surface area (Å²) in [4.78, 5) is 23.4. The molecule has 0 aliphatic rings. The van der Waals surface area contributed by atoms with Gasteiger partial charge in [0.2, 0.25) is 0 Å². The highest BCUT2D eigenvalue weighted by Crippen LogP contribution is 2.32. The second-order valence-electron chi connectivity index (χ2n) is 6.11. The highest BCUT2D eigenvalue weighted by atomic mass is 79.9. The third-order valence-corrected chi connectivity index (χ3v) is 6.79. The predicted octanol–water partition coefficient (Wildman–Crippen LogP) is 6.59. The van der Waals surface area contributed by atoms with E-state index in [2.05, 4.69) is 26.2 Å². The molecule has 0 unspecified atom stereocenters. The van der Waals surface area contributed by atoms with E-state index < -0.39 is 0 Å². The number of para-hydroxylation sites is 2. The summed E-state index contributed by atoms with van der Waals surface area (Å²) in [5, 5.41) is 6.36. The van der Waals surface area contributed by atoms with E-state index >= 15 is 0 Å². The largest absolute Gasteiger partial charge is 0.298 e. The number of hydrogen-bond acceptors (Lipinski definition) is 5. The fourth-order valence-corrected chi connectivity index (χ4v) is 5.21. The van der Waals surface area contributed by atoms with Crippen LogP contribution in [0.25, 0.3) is 31.7 Å². The van der Waals surface area contributed by atoms with Crippen LogP contribution < -0.4 is 5.32 Å². The summed E-state index contributed by atoms with van der Waals surface area (Å²) >= 11 is 6.57. The third-order valence-electron chi connectivity index (χ3n) is 4.32. The Balaban J connectivity index is 1.59. The second kappa shape index (κ2) is 7.09. The lowest BCUT2D eigenvalue weighted by atomic mass is 10.1. The van der Waals surface area contributed by atoms with Gasteiger partial charge in [-0.3, -0.25) is 10.1 Å². The molecule has 0 saturated carbocycles. The minimum Gasteiger partial charge on any atom is -0.298 e. The molecule has 5 rings (SSSR count). The molecule has 28 heavy (non-hydrogen) atoms. The Labute approximate surface area is 177 Å². The molecule has 5 aromatic rings. The number of amides is 1. The minimum absolute atomic E-state index is 0.188. The van der Waals surface area contributed by atoms with Gasteiger partial charge in [0, 0.05) is 9.86 Å². The van der Waals surface area contributed by atoms with Gasteiger partial charge >= 0.3 is 0 Å². The van der Waals surface area contributed by atoms with Gasteiger partial charge in [-0.15, -0.1) is 11.3 Å². The van der Waals surface area contributed by atoms with Gasteiger partial charge < -0.3 is 0 Å². The predicted molar refractivity (Wildman–Crippen MR) is 120 cm³/mol. The first-order valence-electron chi connectivity index (χ1n) is 8.49. The van der Waals surface area contributed by atoms with Gasteiger partial charge in [0.1, 0.15) is 0 Å². The monoisotopic (exact) mass is 465 g/mol. The van der Waals surface area contributed by atoms with Crippen LogP contribution in [0.3, 0.4) is 0 Å². The number of hydrogen-bond donors (Lipinski definition) is 1. The fourth-order valence-electron chi connectivity index (χ4n) is 3.05. The van der Waals surface area contributed by atoms with Crippen LogP contribution in [0.4, 0.5) is 5.13 Å². The molecule has 0 spiro atoms. The average Bonchev–Trinajstić information content (AvgIpc) is 3.37. The molecular formula is C21H12BrN3OS2. The summed E-state index contributed by atoms with van der Waals surface area (Å²) in [6.07, 6.45) is 0. The Morgan fingerprint density at radius 1 is 1.00 bits per heavy atom. The highest BCUT2D eigenvalue weighted by Gasteiger charge is 2.16. The number of carbonyl (C=O) groups excluding carboxylic acids is 1. The van der Waals surface area contributed by atoms with Crippen LogP contribution in [0.5, 0.6) is 0 Å². The lowest BCUT2D eigenvalue weighted by Crippen LogP contribution is -2.12. The maximum Gasteiger partial charge on any atom is 0.258 e. The number of halogens is 1. The van der Waals surface area contributed by atoms with E-state index in [4.69, 9.17) is 4.98 Å². The molecule has 1 amide bonds. The number of carbonyl (C=O) groups is 1. The van der Waals surface area contributed by atoms with Gasteiger partial charge in [-0.05, 0) is 51.6 Å². The number of pyridine rings is 1. The molecule has 0 radical (unpaired) electrons. The van der Waals surface area contributed by atoms with Crippen molar-refractivity contribution in [2.75, 3.05) is 5.32 Å². The Kier molecular flexibility index (Phi) is 4.43. The van der Waals surface area contributed by atoms with E-state index in [1.165, 1.54) is 11.3 Å². The molecule has 2 aromatic carbocycles. The summed E-state index contributed by atoms with van der Waals surface area (Å²) in [5.74, 6) is -0.188. The van der Waals surface area contributed by atoms with Crippen molar-refractivity contribution < 1.29 is 4.79 Å². The molecule has 1 N–H and O–H groups in total. The fraction of sp³-hybridized carbons (Fsp3) is 0. The second-order valence-corrected chi connectivity index (χ2v) is 8.94. The third kappa shape index (κ3) is 3.11. The number of benzene rings is 2. The minimum atomic E-state index is -0.188. The molecule has 0 atom stereocenters. The number of rotatable bonds is 3. The van der Waals surface area contributed by atoms with Gasteiger partial charge in [0.05, 0.1) is 31.9 Å². The molecule has 0 bridgehead atoms. The van der Waals surface area contributed by atoms with Crippen LogP contribution in [-0.4, -0.2) is 15.9 Å². The Morgan fingerprint density at radius 2 is 1.89 bits per heavy atom. The van der Waals surface area contributed by atoms with Crippen molar-refractivity contribution in [2.24, 2.45) is 0 Å². The van der Waals surface area contributed by atoms with E-state index in [0.29, 0.717) is 10.7 Å². The van der Waals surface area contributed by atoms with Crippen molar-refractivity contribution >= 4 is 70.8 Å². The zero-order valence-electron chi connectivity index (χ0n) is 14.3. The SMILES string of the molecule is O=C(Nc1nc2c(Br)cccc2s1)c1cc(-c2cccs2)nc2ccccc12. The summed E-state index contributed by atoms with van der Waals surface area (Å²) in [5.41, 5.74) is 3.03. The van der Waals surface area contributed by atoms with Gasteiger partial charge in [-0.2, -0.15) is 0 Å². The summed E-state index contributed by atoms with van der Waals surface area (Å²) in [7, 11) is 0. The molecule has 3 aromatic heterocycles. The highest BCUT2D eigenvalue weighted by molar-refractivity contribution is 9.10. The van der Waals surface area contributed by atoms with E-state index in [9.17, 15) is 4.79 Å². The number of nitrogens with zero attached hydrogens (tertiary/aromatic N) is 2. The van der Waals surface area contributed by atoms with Gasteiger partial charge in [-0.1, -0.05) is 41.7 Å². The van der Waals surface area contributed by atoms with Crippen LogP contribution in [0.2, 0.25) is 0 Å². The Hall–Kier alpha value is -2.61. The number of thiazole rings is 1. The topological polar surface area (TPSA) is 54.9 Å². The first-order valence-corrected chi connectivity index (χ1v) is 11.0. The van der Waals surface area contributed by atoms with Crippen molar-refractivity contribution in [3.8, 4) is 10.6 Å². The molecule has 3 heterocycles. The Bertz CT molecular complexity index is 1330. The normalized spacial score (nSPS) is 11.2. The van der Waals surface area contributed by atoms with E-state index in [0.717, 1.165) is 36.2 Å². The molecule has 7 heteroatoms. The average molecular weight is 466 g/mol. The van der Waals surface area contributed by atoms with Crippen molar-refractivity contribution in [3.63, 3.8) is 0 Å². The number of thiophene rings is 1.